The van der Waals surface area contributed by atoms with E-state index in [2.05, 4.69) is 4.99 Å². The monoisotopic (exact) mass is 150 g/mol. The molecular weight excluding hydrogens is 140 g/mol. The van der Waals surface area contributed by atoms with Crippen LogP contribution in [-0.4, -0.2) is 25.6 Å². The fourth-order valence-electron chi connectivity index (χ4n) is 0.837. The molecule has 0 unspecified atom stereocenters. The lowest BCUT2D eigenvalue weighted by atomic mass is 10.1. The van der Waals surface area contributed by atoms with Crippen molar-refractivity contribution in [2.24, 2.45) is 4.99 Å². The Kier molecular flexibility index (Phi) is 2.21. The van der Waals surface area contributed by atoms with E-state index in [0.717, 1.165) is 0 Å². The predicted octanol–water partition coefficient (Wildman–Crippen LogP) is 1.18. The van der Waals surface area contributed by atoms with Gasteiger partial charge >= 0.3 is 0 Å². The third-order valence-electron chi connectivity index (χ3n) is 1.44. The van der Waals surface area contributed by atoms with E-state index in [1.54, 1.807) is 32.4 Å². The fraction of sp³-hybridized carbons (Fsp3) is 0.250. The fourth-order valence-corrected chi connectivity index (χ4v) is 0.837. The molecule has 3 heteroatoms. The largest absolute Gasteiger partial charge is 0.497 e. The number of nitrogens with one attached hydrogen (secondary N) is 1. The van der Waals surface area contributed by atoms with Gasteiger partial charge in [0.25, 0.3) is 0 Å². The van der Waals surface area contributed by atoms with Gasteiger partial charge in [-0.05, 0) is 12.2 Å². The van der Waals surface area contributed by atoms with Gasteiger partial charge in [-0.25, -0.2) is 0 Å². The van der Waals surface area contributed by atoms with Gasteiger partial charge in [0.2, 0.25) is 0 Å². The van der Waals surface area contributed by atoms with Crippen LogP contribution in [0.3, 0.4) is 0 Å². The van der Waals surface area contributed by atoms with Crippen LogP contribution in [0.25, 0.3) is 0 Å². The summed E-state index contributed by atoms with van der Waals surface area (Å²) in [7, 11) is 3.25. The van der Waals surface area contributed by atoms with Crippen molar-refractivity contribution in [3.05, 3.63) is 24.0 Å². The molecule has 1 N–H and O–H groups in total. The number of aliphatic imine (C=N–C) groups is 1. The molecule has 1 rings (SSSR count). The molecule has 0 bridgehead atoms. The van der Waals surface area contributed by atoms with E-state index in [9.17, 15) is 0 Å². The molecule has 0 fully saturated rings. The average molecular weight is 150 g/mol. The third kappa shape index (κ3) is 1.55. The van der Waals surface area contributed by atoms with Gasteiger partial charge in [-0.3, -0.25) is 10.4 Å². The molecule has 3 nitrogen and oxygen atoms in total. The minimum absolute atomic E-state index is 0.395. The highest BCUT2D eigenvalue weighted by atomic mass is 16.5. The summed E-state index contributed by atoms with van der Waals surface area (Å²) in [5.74, 6) is 0.697. The summed E-state index contributed by atoms with van der Waals surface area (Å²) >= 11 is 0. The summed E-state index contributed by atoms with van der Waals surface area (Å²) in [5, 5.41) is 7.44. The van der Waals surface area contributed by atoms with Crippen LogP contribution in [0.15, 0.2) is 29.0 Å². The first kappa shape index (κ1) is 7.72. The molecule has 1 aliphatic carbocycles. The lowest BCUT2D eigenvalue weighted by Crippen LogP contribution is -2.11. The molecule has 0 spiro atoms. The highest BCUT2D eigenvalue weighted by molar-refractivity contribution is 6.50. The number of nitrogens with zero attached hydrogens (tertiary/aromatic N) is 1. The summed E-state index contributed by atoms with van der Waals surface area (Å²) in [6.45, 7) is 0. The van der Waals surface area contributed by atoms with Crippen molar-refractivity contribution in [2.45, 2.75) is 0 Å². The van der Waals surface area contributed by atoms with Crippen LogP contribution < -0.4 is 0 Å². The highest BCUT2D eigenvalue weighted by Crippen LogP contribution is 2.05. The lowest BCUT2D eigenvalue weighted by Gasteiger charge is -2.06. The summed E-state index contributed by atoms with van der Waals surface area (Å²) < 4.78 is 4.93. The molecule has 0 aromatic rings. The van der Waals surface area contributed by atoms with Crippen LogP contribution in [-0.2, 0) is 4.74 Å². The Morgan fingerprint density at radius 1 is 1.45 bits per heavy atom. The molecule has 0 aromatic carbocycles. The zero-order valence-electron chi connectivity index (χ0n) is 6.59. The van der Waals surface area contributed by atoms with Crippen LogP contribution in [0.5, 0.6) is 0 Å². The number of hydrogen-bond donors (Lipinski definition) is 1. The Morgan fingerprint density at radius 3 is 2.64 bits per heavy atom. The zero-order chi connectivity index (χ0) is 8.27. The van der Waals surface area contributed by atoms with E-state index >= 15 is 0 Å². The lowest BCUT2D eigenvalue weighted by molar-refractivity contribution is 0.307. The molecule has 0 aromatic heterocycles. The first-order valence-electron chi connectivity index (χ1n) is 3.27. The topological polar surface area (TPSA) is 45.4 Å². The minimum Gasteiger partial charge on any atom is -0.497 e. The molecule has 0 saturated heterocycles. The second-order valence-electron chi connectivity index (χ2n) is 2.11. The van der Waals surface area contributed by atoms with E-state index in [1.165, 1.54) is 0 Å². The van der Waals surface area contributed by atoms with Gasteiger partial charge in [0, 0.05) is 13.1 Å². The molecule has 0 radical (unpaired) electrons. The SMILES string of the molecule is C/N=C1/C=CC(OC)=CC1=N. The van der Waals surface area contributed by atoms with Gasteiger partial charge in [-0.2, -0.15) is 0 Å². The number of ether oxygens (including phenoxy) is 1. The first-order valence-corrected chi connectivity index (χ1v) is 3.27. The van der Waals surface area contributed by atoms with Crippen LogP contribution in [0.4, 0.5) is 0 Å². The van der Waals surface area contributed by atoms with Crippen LogP contribution >= 0.6 is 0 Å². The van der Waals surface area contributed by atoms with Crippen molar-refractivity contribution >= 4 is 11.4 Å². The normalized spacial score (nSPS) is 20.4. The van der Waals surface area contributed by atoms with Crippen LogP contribution in [0, 0.1) is 5.41 Å². The highest BCUT2D eigenvalue weighted by Gasteiger charge is 2.06. The second-order valence-corrected chi connectivity index (χ2v) is 2.11. The Labute approximate surface area is 65.6 Å². The van der Waals surface area contributed by atoms with E-state index in [1.807, 2.05) is 0 Å². The van der Waals surface area contributed by atoms with Gasteiger partial charge in [0.05, 0.1) is 18.5 Å². The predicted molar refractivity (Wildman–Crippen MR) is 45.3 cm³/mol. The zero-order valence-corrected chi connectivity index (χ0v) is 6.59. The second kappa shape index (κ2) is 3.14. The molecule has 0 atom stereocenters. The smallest absolute Gasteiger partial charge is 0.121 e. The van der Waals surface area contributed by atoms with Gasteiger partial charge in [-0.1, -0.05) is 0 Å². The minimum atomic E-state index is 0.395. The third-order valence-corrected chi connectivity index (χ3v) is 1.44. The van der Waals surface area contributed by atoms with Crippen molar-refractivity contribution in [2.75, 3.05) is 14.2 Å². The Hall–Kier alpha value is -1.38. The maximum Gasteiger partial charge on any atom is 0.121 e. The molecular formula is C8H10N2O. The number of allylic oxidation sites excluding steroid dienone is 3. The number of rotatable bonds is 1. The van der Waals surface area contributed by atoms with Crippen molar-refractivity contribution in [3.8, 4) is 0 Å². The van der Waals surface area contributed by atoms with Crippen LogP contribution in [0.1, 0.15) is 0 Å². The molecule has 0 aliphatic heterocycles. The van der Waals surface area contributed by atoms with Crippen LogP contribution in [0.2, 0.25) is 0 Å². The number of hydrogen-bond acceptors (Lipinski definition) is 3. The summed E-state index contributed by atoms with van der Waals surface area (Å²) in [6, 6.07) is 0. The number of methoxy groups -OCH3 is 1. The molecule has 0 amide bonds. The van der Waals surface area contributed by atoms with E-state index < -0.39 is 0 Å². The van der Waals surface area contributed by atoms with E-state index in [0.29, 0.717) is 17.2 Å². The summed E-state index contributed by atoms with van der Waals surface area (Å²) in [6.07, 6.45) is 5.20. The van der Waals surface area contributed by atoms with Gasteiger partial charge < -0.3 is 4.74 Å². The van der Waals surface area contributed by atoms with E-state index in [-0.39, 0.29) is 0 Å². The molecule has 0 heterocycles. The molecule has 11 heavy (non-hydrogen) atoms. The quantitative estimate of drug-likeness (QED) is 0.560. The Bertz CT molecular complexity index is 261. The van der Waals surface area contributed by atoms with Gasteiger partial charge in [0.1, 0.15) is 5.76 Å². The molecule has 0 saturated carbocycles. The van der Waals surface area contributed by atoms with Crippen molar-refractivity contribution in [3.63, 3.8) is 0 Å². The Balaban J connectivity index is 2.88. The Morgan fingerprint density at radius 2 is 2.18 bits per heavy atom. The van der Waals surface area contributed by atoms with Gasteiger partial charge in [0.15, 0.2) is 0 Å². The van der Waals surface area contributed by atoms with E-state index in [4.69, 9.17) is 10.1 Å². The molecule has 1 aliphatic rings. The maximum absolute atomic E-state index is 7.44. The van der Waals surface area contributed by atoms with Crippen molar-refractivity contribution in [1.82, 2.24) is 0 Å². The summed E-state index contributed by atoms with van der Waals surface area (Å²) in [5.41, 5.74) is 1.08. The summed E-state index contributed by atoms with van der Waals surface area (Å²) in [4.78, 5) is 3.90. The van der Waals surface area contributed by atoms with Crippen molar-refractivity contribution < 1.29 is 4.74 Å². The molecule has 58 valence electrons. The maximum atomic E-state index is 7.44. The van der Waals surface area contributed by atoms with Crippen molar-refractivity contribution in [1.29, 1.82) is 5.41 Å². The first-order chi connectivity index (χ1) is 5.27. The standard InChI is InChI=1S/C8H10N2O/c1-10-8-4-3-6(11-2)5-7(8)9/h3-5,9H,1-2H3/b9-7?,10-8-. The average Bonchev–Trinajstić information content (AvgIpc) is 2.04. The van der Waals surface area contributed by atoms with Gasteiger partial charge in [-0.15, -0.1) is 0 Å².